The van der Waals surface area contributed by atoms with Gasteiger partial charge in [-0.05, 0) is 19.1 Å². The number of hydrogen-bond donors (Lipinski definition) is 0. The number of nitriles is 1. The van der Waals surface area contributed by atoms with Crippen molar-refractivity contribution in [3.8, 4) is 6.07 Å². The average Bonchev–Trinajstić information content (AvgIpc) is 2.53. The van der Waals surface area contributed by atoms with Crippen molar-refractivity contribution in [2.75, 3.05) is 32.7 Å². The van der Waals surface area contributed by atoms with Crippen LogP contribution < -0.4 is 0 Å². The van der Waals surface area contributed by atoms with Crippen molar-refractivity contribution in [3.05, 3.63) is 29.8 Å². The van der Waals surface area contributed by atoms with E-state index in [1.807, 2.05) is 0 Å². The summed E-state index contributed by atoms with van der Waals surface area (Å²) in [7, 11) is -3.57. The topological polar surface area (TPSA) is 81.5 Å². The number of hydrogen-bond acceptors (Lipinski definition) is 5. The molecule has 118 valence electrons. The molecule has 0 saturated carbocycles. The van der Waals surface area contributed by atoms with Gasteiger partial charge in [0.05, 0.1) is 11.0 Å². The van der Waals surface area contributed by atoms with Crippen molar-refractivity contribution < 1.29 is 13.2 Å². The normalized spacial score (nSPS) is 17.1. The third kappa shape index (κ3) is 3.71. The van der Waals surface area contributed by atoms with Crippen molar-refractivity contribution in [2.24, 2.45) is 0 Å². The fourth-order valence-corrected chi connectivity index (χ4v) is 3.89. The van der Waals surface area contributed by atoms with Crippen LogP contribution in [0, 0.1) is 11.3 Å². The van der Waals surface area contributed by atoms with Crippen LogP contribution in [0.15, 0.2) is 29.2 Å². The van der Waals surface area contributed by atoms with Gasteiger partial charge in [0.2, 0.25) is 10.0 Å². The number of rotatable bonds is 5. The zero-order valence-corrected chi connectivity index (χ0v) is 13.3. The molecule has 0 radical (unpaired) electrons. The first-order chi connectivity index (χ1) is 10.4. The molecule has 1 aliphatic rings. The summed E-state index contributed by atoms with van der Waals surface area (Å²) in [5.41, 5.74) is 0.397. The smallest absolute Gasteiger partial charge is 0.243 e. The van der Waals surface area contributed by atoms with Crippen LogP contribution in [0.5, 0.6) is 0 Å². The molecule has 1 saturated heterocycles. The highest BCUT2D eigenvalue weighted by Gasteiger charge is 2.28. The quantitative estimate of drug-likeness (QED) is 0.759. The summed E-state index contributed by atoms with van der Waals surface area (Å²) in [4.78, 5) is 13.6. The summed E-state index contributed by atoms with van der Waals surface area (Å²) in [6.45, 7) is 4.13. The molecule has 1 fully saturated rings. The molecule has 1 aromatic carbocycles. The van der Waals surface area contributed by atoms with Gasteiger partial charge in [-0.15, -0.1) is 0 Å². The number of sulfonamides is 1. The third-order valence-corrected chi connectivity index (χ3v) is 5.64. The molecule has 1 heterocycles. The fourth-order valence-electron chi connectivity index (χ4n) is 2.43. The first kappa shape index (κ1) is 16.6. The van der Waals surface area contributed by atoms with E-state index in [9.17, 15) is 13.2 Å². The maximum Gasteiger partial charge on any atom is 0.243 e. The van der Waals surface area contributed by atoms with Gasteiger partial charge in [-0.2, -0.15) is 9.57 Å². The van der Waals surface area contributed by atoms with Gasteiger partial charge in [-0.3, -0.25) is 9.69 Å². The molecule has 6 nitrogen and oxygen atoms in total. The van der Waals surface area contributed by atoms with Crippen molar-refractivity contribution in [1.82, 2.24) is 9.21 Å². The molecule has 0 aliphatic carbocycles. The second-order valence-corrected chi connectivity index (χ2v) is 7.18. The number of ketones is 1. The molecule has 22 heavy (non-hydrogen) atoms. The SMILES string of the molecule is CC(=O)c1cccc(S(=O)(=O)N2CCN(CCC#N)CC2)c1. The van der Waals surface area contributed by atoms with E-state index < -0.39 is 10.0 Å². The summed E-state index contributed by atoms with van der Waals surface area (Å²) in [5, 5.41) is 8.59. The van der Waals surface area contributed by atoms with E-state index in [-0.39, 0.29) is 10.7 Å². The average molecular weight is 321 g/mol. The molecule has 1 aliphatic heterocycles. The standard InChI is InChI=1S/C15H19N3O3S/c1-13(19)14-4-2-5-15(12-14)22(20,21)18-10-8-17(9-11-18)7-3-6-16/h2,4-5,12H,3,7-11H2,1H3. The van der Waals surface area contributed by atoms with Crippen LogP contribution in [0.3, 0.4) is 0 Å². The Morgan fingerprint density at radius 2 is 1.95 bits per heavy atom. The Hall–Kier alpha value is -1.75. The van der Waals surface area contributed by atoms with E-state index in [1.54, 1.807) is 12.1 Å². The minimum absolute atomic E-state index is 0.154. The largest absolute Gasteiger partial charge is 0.300 e. The minimum Gasteiger partial charge on any atom is -0.300 e. The zero-order chi connectivity index (χ0) is 16.2. The van der Waals surface area contributed by atoms with Crippen LogP contribution in [0.1, 0.15) is 23.7 Å². The lowest BCUT2D eigenvalue weighted by Gasteiger charge is -2.33. The van der Waals surface area contributed by atoms with E-state index in [0.29, 0.717) is 44.7 Å². The van der Waals surface area contributed by atoms with Crippen LogP contribution in [-0.4, -0.2) is 56.1 Å². The Kier molecular flexibility index (Phi) is 5.29. The van der Waals surface area contributed by atoms with Crippen LogP contribution in [0.2, 0.25) is 0 Å². The van der Waals surface area contributed by atoms with Gasteiger partial charge >= 0.3 is 0 Å². The van der Waals surface area contributed by atoms with Gasteiger partial charge in [0.1, 0.15) is 0 Å². The lowest BCUT2D eigenvalue weighted by Crippen LogP contribution is -2.48. The van der Waals surface area contributed by atoms with Gasteiger partial charge in [0.15, 0.2) is 5.78 Å². The highest BCUT2D eigenvalue weighted by atomic mass is 32.2. The second-order valence-electron chi connectivity index (χ2n) is 5.24. The van der Waals surface area contributed by atoms with Gasteiger partial charge < -0.3 is 0 Å². The molecule has 0 aromatic heterocycles. The molecule has 0 atom stereocenters. The van der Waals surface area contributed by atoms with Gasteiger partial charge in [-0.1, -0.05) is 12.1 Å². The lowest BCUT2D eigenvalue weighted by molar-refractivity contribution is 0.101. The Morgan fingerprint density at radius 3 is 2.55 bits per heavy atom. The van der Waals surface area contributed by atoms with Gasteiger partial charge in [0, 0.05) is 44.7 Å². The van der Waals surface area contributed by atoms with E-state index in [2.05, 4.69) is 11.0 Å². The number of Topliss-reactive ketones (excluding diaryl/α,β-unsaturated/α-hetero) is 1. The number of piperazine rings is 1. The number of carbonyl (C=O) groups is 1. The Balaban J connectivity index is 2.10. The molecule has 0 bridgehead atoms. The van der Waals surface area contributed by atoms with E-state index >= 15 is 0 Å². The summed E-state index contributed by atoms with van der Waals surface area (Å²) in [6, 6.07) is 8.24. The highest BCUT2D eigenvalue weighted by Crippen LogP contribution is 2.19. The maximum absolute atomic E-state index is 12.6. The Morgan fingerprint density at radius 1 is 1.27 bits per heavy atom. The Labute approximate surface area is 131 Å². The van der Waals surface area contributed by atoms with Crippen molar-refractivity contribution in [2.45, 2.75) is 18.2 Å². The van der Waals surface area contributed by atoms with E-state index in [4.69, 9.17) is 5.26 Å². The first-order valence-corrected chi connectivity index (χ1v) is 8.59. The second kappa shape index (κ2) is 7.01. The Bertz CT molecular complexity index is 686. The molecule has 0 amide bonds. The number of nitrogens with zero attached hydrogens (tertiary/aromatic N) is 3. The summed E-state index contributed by atoms with van der Waals surface area (Å²) < 4.78 is 26.7. The number of carbonyl (C=O) groups excluding carboxylic acids is 1. The van der Waals surface area contributed by atoms with Crippen molar-refractivity contribution >= 4 is 15.8 Å². The van der Waals surface area contributed by atoms with Crippen molar-refractivity contribution in [1.29, 1.82) is 5.26 Å². The minimum atomic E-state index is -3.57. The first-order valence-electron chi connectivity index (χ1n) is 7.15. The van der Waals surface area contributed by atoms with Crippen LogP contribution in [0.4, 0.5) is 0 Å². The molecular formula is C15H19N3O3S. The van der Waals surface area contributed by atoms with Crippen LogP contribution in [0.25, 0.3) is 0 Å². The predicted molar refractivity (Wildman–Crippen MR) is 81.9 cm³/mol. The maximum atomic E-state index is 12.6. The van der Waals surface area contributed by atoms with Gasteiger partial charge in [-0.25, -0.2) is 8.42 Å². The van der Waals surface area contributed by atoms with E-state index in [1.165, 1.54) is 23.4 Å². The summed E-state index contributed by atoms with van der Waals surface area (Å²) in [6.07, 6.45) is 0.452. The molecule has 0 spiro atoms. The molecule has 2 rings (SSSR count). The fraction of sp³-hybridized carbons (Fsp3) is 0.467. The van der Waals surface area contributed by atoms with Crippen molar-refractivity contribution in [3.63, 3.8) is 0 Å². The molecule has 1 aromatic rings. The third-order valence-electron chi connectivity index (χ3n) is 3.75. The van der Waals surface area contributed by atoms with Crippen LogP contribution in [-0.2, 0) is 10.0 Å². The molecular weight excluding hydrogens is 302 g/mol. The zero-order valence-electron chi connectivity index (χ0n) is 12.5. The molecule has 7 heteroatoms. The van der Waals surface area contributed by atoms with Gasteiger partial charge in [0.25, 0.3) is 0 Å². The summed E-state index contributed by atoms with van der Waals surface area (Å²) in [5.74, 6) is -0.154. The molecule has 0 unspecified atom stereocenters. The predicted octanol–water partition coefficient (Wildman–Crippen LogP) is 1.11. The highest BCUT2D eigenvalue weighted by molar-refractivity contribution is 7.89. The van der Waals surface area contributed by atoms with E-state index in [0.717, 1.165) is 0 Å². The molecule has 0 N–H and O–H groups in total. The van der Waals surface area contributed by atoms with Crippen LogP contribution >= 0.6 is 0 Å². The monoisotopic (exact) mass is 321 g/mol. The lowest BCUT2D eigenvalue weighted by atomic mass is 10.2. The summed E-state index contributed by atoms with van der Waals surface area (Å²) >= 11 is 0. The number of benzene rings is 1.